The molecule has 3 aromatic heterocycles. The van der Waals surface area contributed by atoms with Crippen LogP contribution in [0.5, 0.6) is 0 Å². The van der Waals surface area contributed by atoms with Crippen LogP contribution in [-0.2, 0) is 19.9 Å². The van der Waals surface area contributed by atoms with Gasteiger partial charge in [-0.3, -0.25) is 4.68 Å². The van der Waals surface area contributed by atoms with E-state index in [-0.39, 0.29) is 0 Å². The molecule has 4 aromatic rings. The van der Waals surface area contributed by atoms with Gasteiger partial charge in [0.15, 0.2) is 5.82 Å². The number of nitrogens with zero attached hydrogens (tertiary/aromatic N) is 5. The van der Waals surface area contributed by atoms with Crippen LogP contribution in [0.25, 0.3) is 16.4 Å². The van der Waals surface area contributed by atoms with Gasteiger partial charge in [0.05, 0.1) is 16.3 Å². The summed E-state index contributed by atoms with van der Waals surface area (Å²) < 4.78 is 3.75. The molecule has 0 spiro atoms. The first-order chi connectivity index (χ1) is 12.6. The van der Waals surface area contributed by atoms with E-state index in [1.54, 1.807) is 11.3 Å². The molecule has 0 aliphatic carbocycles. The summed E-state index contributed by atoms with van der Waals surface area (Å²) >= 11 is 7.76. The van der Waals surface area contributed by atoms with E-state index in [1.807, 2.05) is 71.3 Å². The van der Waals surface area contributed by atoms with Crippen LogP contribution in [0, 0.1) is 6.92 Å². The molecule has 3 heterocycles. The Balaban J connectivity index is 1.72. The molecule has 0 atom stereocenters. The highest BCUT2D eigenvalue weighted by Crippen LogP contribution is 2.25. The molecule has 0 aliphatic heterocycles. The van der Waals surface area contributed by atoms with Gasteiger partial charge in [0.25, 0.3) is 0 Å². The summed E-state index contributed by atoms with van der Waals surface area (Å²) in [5.41, 5.74) is 3.12. The third-order valence-electron chi connectivity index (χ3n) is 4.18. The van der Waals surface area contributed by atoms with Gasteiger partial charge in [-0.15, -0.1) is 16.4 Å². The van der Waals surface area contributed by atoms with Crippen molar-refractivity contribution < 1.29 is 0 Å². The fourth-order valence-corrected chi connectivity index (χ4v) is 3.78. The van der Waals surface area contributed by atoms with Crippen LogP contribution < -0.4 is 0 Å². The molecule has 132 valence electrons. The van der Waals surface area contributed by atoms with E-state index in [4.69, 9.17) is 21.7 Å². The standard InChI is InChI=1S/C19H18ClN5S/c1-13-12-14(20)5-7-16(13)25-18(8-6-15-9-10-24(2)22-15)21-19(23-25)17-4-3-11-26-17/h3-5,7,9-12H,6,8H2,1-2H3. The van der Waals surface area contributed by atoms with Crippen molar-refractivity contribution in [2.24, 2.45) is 7.05 Å². The molecule has 7 heteroatoms. The summed E-state index contributed by atoms with van der Waals surface area (Å²) in [6.07, 6.45) is 3.54. The molecule has 0 N–H and O–H groups in total. The fourth-order valence-electron chi connectivity index (χ4n) is 2.90. The third kappa shape index (κ3) is 3.43. The monoisotopic (exact) mass is 383 g/mol. The summed E-state index contributed by atoms with van der Waals surface area (Å²) in [6.45, 7) is 2.04. The highest BCUT2D eigenvalue weighted by molar-refractivity contribution is 7.13. The molecule has 0 aliphatic rings. The molecule has 1 aromatic carbocycles. The Kier molecular flexibility index (Phi) is 4.61. The molecule has 0 radical (unpaired) electrons. The molecule has 4 rings (SSSR count). The number of aromatic nitrogens is 5. The van der Waals surface area contributed by atoms with Crippen LogP contribution in [0.4, 0.5) is 0 Å². The van der Waals surface area contributed by atoms with Gasteiger partial charge in [-0.2, -0.15) is 5.10 Å². The number of rotatable bonds is 5. The maximum atomic E-state index is 6.12. The molecular weight excluding hydrogens is 366 g/mol. The van der Waals surface area contributed by atoms with Crippen LogP contribution in [-0.4, -0.2) is 24.5 Å². The van der Waals surface area contributed by atoms with Gasteiger partial charge in [0, 0.05) is 24.7 Å². The summed E-state index contributed by atoms with van der Waals surface area (Å²) in [7, 11) is 1.93. The maximum absolute atomic E-state index is 6.12. The number of halogens is 1. The average Bonchev–Trinajstić information content (AvgIpc) is 3.33. The molecule has 0 saturated carbocycles. The summed E-state index contributed by atoms with van der Waals surface area (Å²) in [5, 5.41) is 12.0. The third-order valence-corrected chi connectivity index (χ3v) is 5.28. The minimum atomic E-state index is 0.722. The Labute approximate surface area is 160 Å². The van der Waals surface area contributed by atoms with E-state index >= 15 is 0 Å². The van der Waals surface area contributed by atoms with Gasteiger partial charge in [-0.05, 0) is 54.6 Å². The number of benzene rings is 1. The molecule has 0 unspecified atom stereocenters. The SMILES string of the molecule is Cc1cc(Cl)ccc1-n1nc(-c2cccs2)nc1CCc1ccn(C)n1. The summed E-state index contributed by atoms with van der Waals surface area (Å²) in [5.74, 6) is 1.68. The predicted octanol–water partition coefficient (Wildman–Crippen LogP) is 4.48. The number of hydrogen-bond acceptors (Lipinski definition) is 4. The van der Waals surface area contributed by atoms with E-state index in [9.17, 15) is 0 Å². The van der Waals surface area contributed by atoms with Crippen molar-refractivity contribution in [1.82, 2.24) is 24.5 Å². The Bertz CT molecular complexity index is 1030. The summed E-state index contributed by atoms with van der Waals surface area (Å²) in [6, 6.07) is 11.9. The van der Waals surface area contributed by atoms with Gasteiger partial charge < -0.3 is 0 Å². The molecule has 0 saturated heterocycles. The molecule has 0 amide bonds. The topological polar surface area (TPSA) is 48.5 Å². The van der Waals surface area contributed by atoms with Crippen molar-refractivity contribution in [3.63, 3.8) is 0 Å². The van der Waals surface area contributed by atoms with E-state index in [1.165, 1.54) is 0 Å². The van der Waals surface area contributed by atoms with E-state index < -0.39 is 0 Å². The molecule has 5 nitrogen and oxygen atoms in total. The highest BCUT2D eigenvalue weighted by Gasteiger charge is 2.16. The lowest BCUT2D eigenvalue weighted by Gasteiger charge is -2.09. The first kappa shape index (κ1) is 17.0. The second-order valence-electron chi connectivity index (χ2n) is 6.15. The second kappa shape index (κ2) is 7.05. The Morgan fingerprint density at radius 2 is 2.00 bits per heavy atom. The van der Waals surface area contributed by atoms with Gasteiger partial charge >= 0.3 is 0 Å². The molecule has 0 bridgehead atoms. The van der Waals surface area contributed by atoms with Crippen molar-refractivity contribution in [1.29, 1.82) is 0 Å². The first-order valence-corrected chi connectivity index (χ1v) is 9.61. The van der Waals surface area contributed by atoms with Crippen LogP contribution in [0.15, 0.2) is 48.0 Å². The Hall–Kier alpha value is -2.44. The van der Waals surface area contributed by atoms with Crippen LogP contribution in [0.2, 0.25) is 5.02 Å². The van der Waals surface area contributed by atoms with Gasteiger partial charge in [-0.1, -0.05) is 17.7 Å². The van der Waals surface area contributed by atoms with E-state index in [0.717, 1.165) is 51.3 Å². The van der Waals surface area contributed by atoms with Crippen molar-refractivity contribution >= 4 is 22.9 Å². The molecule has 26 heavy (non-hydrogen) atoms. The normalized spacial score (nSPS) is 11.2. The smallest absolute Gasteiger partial charge is 0.191 e. The quantitative estimate of drug-likeness (QED) is 0.510. The predicted molar refractivity (Wildman–Crippen MR) is 105 cm³/mol. The van der Waals surface area contributed by atoms with Gasteiger partial charge in [0.1, 0.15) is 5.82 Å². The van der Waals surface area contributed by atoms with Crippen molar-refractivity contribution in [2.45, 2.75) is 19.8 Å². The lowest BCUT2D eigenvalue weighted by Crippen LogP contribution is -2.06. The zero-order chi connectivity index (χ0) is 18.1. The lowest BCUT2D eigenvalue weighted by atomic mass is 10.2. The number of thiophene rings is 1. The van der Waals surface area contributed by atoms with Crippen LogP contribution >= 0.6 is 22.9 Å². The van der Waals surface area contributed by atoms with Gasteiger partial charge in [0.2, 0.25) is 0 Å². The van der Waals surface area contributed by atoms with Crippen molar-refractivity contribution in [3.05, 3.63) is 70.1 Å². The van der Waals surface area contributed by atoms with Crippen molar-refractivity contribution in [2.75, 3.05) is 0 Å². The fraction of sp³-hybridized carbons (Fsp3) is 0.211. The molecular formula is C19H18ClN5S. The largest absolute Gasteiger partial charge is 0.276 e. The minimum Gasteiger partial charge on any atom is -0.276 e. The number of hydrogen-bond donors (Lipinski definition) is 0. The summed E-state index contributed by atoms with van der Waals surface area (Å²) in [4.78, 5) is 5.87. The van der Waals surface area contributed by atoms with Crippen molar-refractivity contribution in [3.8, 4) is 16.4 Å². The van der Waals surface area contributed by atoms with Gasteiger partial charge in [-0.25, -0.2) is 9.67 Å². The molecule has 0 fully saturated rings. The lowest BCUT2D eigenvalue weighted by molar-refractivity contribution is 0.717. The number of aryl methyl sites for hydroxylation is 4. The highest BCUT2D eigenvalue weighted by atomic mass is 35.5. The van der Waals surface area contributed by atoms with E-state index in [0.29, 0.717) is 0 Å². The van der Waals surface area contributed by atoms with Crippen LogP contribution in [0.3, 0.4) is 0 Å². The Morgan fingerprint density at radius 3 is 2.69 bits per heavy atom. The zero-order valence-electron chi connectivity index (χ0n) is 14.6. The van der Waals surface area contributed by atoms with E-state index in [2.05, 4.69) is 5.10 Å². The second-order valence-corrected chi connectivity index (χ2v) is 7.54. The zero-order valence-corrected chi connectivity index (χ0v) is 16.1. The maximum Gasteiger partial charge on any atom is 0.191 e. The Morgan fingerprint density at radius 1 is 1.12 bits per heavy atom. The first-order valence-electron chi connectivity index (χ1n) is 8.35. The van der Waals surface area contributed by atoms with Crippen LogP contribution in [0.1, 0.15) is 17.1 Å². The average molecular weight is 384 g/mol. The minimum absolute atomic E-state index is 0.722.